The van der Waals surface area contributed by atoms with E-state index in [1.807, 2.05) is 59.7 Å². The van der Waals surface area contributed by atoms with Gasteiger partial charge in [-0.3, -0.25) is 0 Å². The second kappa shape index (κ2) is 27.7. The number of carbonyl (C=O) groups excluding carboxylic acids is 6. The van der Waals surface area contributed by atoms with E-state index in [1.54, 1.807) is 135 Å². The Morgan fingerprint density at radius 2 is 0.506 bits per heavy atom. The highest BCUT2D eigenvalue weighted by atomic mass is 16.6. The molecule has 0 saturated carbocycles. The Labute approximate surface area is 479 Å². The van der Waals surface area contributed by atoms with Crippen LogP contribution in [0.15, 0.2) is 127 Å². The number of benzene rings is 4. The van der Waals surface area contributed by atoms with Gasteiger partial charge >= 0.3 is 35.8 Å². The average Bonchev–Trinajstić information content (AvgIpc) is 3.37. The molecule has 0 N–H and O–H groups in total. The molecule has 15 nitrogen and oxygen atoms in total. The van der Waals surface area contributed by atoms with Crippen molar-refractivity contribution < 1.29 is 71.4 Å². The molecule has 438 valence electrons. The maximum absolute atomic E-state index is 13.3. The molecule has 0 aliphatic heterocycles. The fraction of sp³-hybridized carbons (Fsp3) is 0.455. The smallest absolute Gasteiger partial charge is 0.338 e. The fourth-order valence-electron chi connectivity index (χ4n) is 7.71. The molecular weight excluding hydrogens is 1030 g/mol. The van der Waals surface area contributed by atoms with E-state index in [2.05, 4.69) is 19.7 Å². The fourth-order valence-corrected chi connectivity index (χ4v) is 7.71. The predicted molar refractivity (Wildman–Crippen MR) is 310 cm³/mol. The number of hydrogen-bond donors (Lipinski definition) is 0. The Morgan fingerprint density at radius 3 is 0.691 bits per heavy atom. The van der Waals surface area contributed by atoms with Gasteiger partial charge in [-0.15, -0.1) is 0 Å². The Hall–Kier alpha value is -7.68. The van der Waals surface area contributed by atoms with Gasteiger partial charge in [-0.25, -0.2) is 28.8 Å². The number of carbonyl (C=O) groups is 6. The van der Waals surface area contributed by atoms with Crippen molar-refractivity contribution in [3.8, 4) is 17.2 Å². The monoisotopic (exact) mass is 1120 g/mol. The quantitative estimate of drug-likeness (QED) is 0.0272. The topological polar surface area (TPSA) is 185 Å². The van der Waals surface area contributed by atoms with E-state index in [9.17, 15) is 28.8 Å². The van der Waals surface area contributed by atoms with Crippen LogP contribution in [0.5, 0.6) is 17.2 Å². The minimum atomic E-state index is -0.852. The normalized spacial score (nSPS) is 12.0. The van der Waals surface area contributed by atoms with Crippen molar-refractivity contribution in [3.63, 3.8) is 0 Å². The van der Waals surface area contributed by atoms with Gasteiger partial charge in [0.05, 0.1) is 16.7 Å². The van der Waals surface area contributed by atoms with Gasteiger partial charge < -0.3 is 42.6 Å². The SMILES string of the molecule is C=C(C)C(=O)OC(C)(C)CCC(C)(C)OC(=O)c1ccc(OCc2cc(COc3ccc(C(=O)OC(C)(C)CCC(C)(C)OC(=O)C(=C)C)cc3)cc(COc3ccc(C(=O)OC(C)(C)CCC(C)(C)OC(=O)C(=C)C)cc3)c2)cc1. The molecule has 4 aromatic carbocycles. The summed E-state index contributed by atoms with van der Waals surface area (Å²) in [7, 11) is 0. The summed E-state index contributed by atoms with van der Waals surface area (Å²) in [4.78, 5) is 76.2. The minimum Gasteiger partial charge on any atom is -0.489 e. The van der Waals surface area contributed by atoms with E-state index in [-0.39, 0.29) is 19.8 Å². The van der Waals surface area contributed by atoms with Gasteiger partial charge in [0.1, 0.15) is 70.7 Å². The molecule has 0 atom stereocenters. The van der Waals surface area contributed by atoms with Gasteiger partial charge in [0, 0.05) is 16.7 Å². The molecule has 81 heavy (non-hydrogen) atoms. The summed E-state index contributed by atoms with van der Waals surface area (Å²) in [5.41, 5.74) is -0.584. The third kappa shape index (κ3) is 23.1. The highest BCUT2D eigenvalue weighted by Gasteiger charge is 2.33. The highest BCUT2D eigenvalue weighted by molar-refractivity contribution is 5.91. The van der Waals surface area contributed by atoms with Crippen LogP contribution < -0.4 is 14.2 Å². The van der Waals surface area contributed by atoms with E-state index >= 15 is 0 Å². The van der Waals surface area contributed by atoms with Crippen LogP contribution in [-0.2, 0) is 62.6 Å². The molecular formula is C66H84O15. The zero-order valence-corrected chi connectivity index (χ0v) is 50.3. The first kappa shape index (κ1) is 65.8. The molecule has 0 spiro atoms. The molecule has 0 amide bonds. The first-order valence-corrected chi connectivity index (χ1v) is 27.1. The molecule has 15 heteroatoms. The number of esters is 6. The first-order valence-electron chi connectivity index (χ1n) is 27.1. The lowest BCUT2D eigenvalue weighted by Crippen LogP contribution is -2.34. The van der Waals surface area contributed by atoms with Gasteiger partial charge in [0.15, 0.2) is 0 Å². The molecule has 0 unspecified atom stereocenters. The molecule has 0 fully saturated rings. The second-order valence-electron chi connectivity index (χ2n) is 24.3. The van der Waals surface area contributed by atoms with Crippen LogP contribution in [0.25, 0.3) is 0 Å². The van der Waals surface area contributed by atoms with Crippen molar-refractivity contribution in [2.24, 2.45) is 0 Å². The lowest BCUT2D eigenvalue weighted by Gasteiger charge is -2.31. The summed E-state index contributed by atoms with van der Waals surface area (Å²) in [6, 6.07) is 25.8. The molecule has 0 bridgehead atoms. The van der Waals surface area contributed by atoms with Gasteiger partial charge in [-0.1, -0.05) is 19.7 Å². The summed E-state index contributed by atoms with van der Waals surface area (Å²) >= 11 is 0. The van der Waals surface area contributed by atoms with E-state index in [1.165, 1.54) is 0 Å². The number of rotatable bonds is 30. The zero-order valence-electron chi connectivity index (χ0n) is 50.3. The first-order chi connectivity index (χ1) is 37.4. The molecule has 0 aliphatic carbocycles. The van der Waals surface area contributed by atoms with Crippen LogP contribution in [0.4, 0.5) is 0 Å². The lowest BCUT2D eigenvalue weighted by atomic mass is 9.93. The maximum atomic E-state index is 13.3. The van der Waals surface area contributed by atoms with Crippen molar-refractivity contribution in [2.45, 2.75) is 196 Å². The van der Waals surface area contributed by atoms with Gasteiger partial charge in [-0.2, -0.15) is 0 Å². The standard InChI is InChI=1S/C66H84O15/c1-43(2)55(67)76-61(7,8)31-34-64(13,14)79-58(70)49-19-25-52(26-20-49)73-40-46-37-47(41-74-53-27-21-50(22-28-53)59(71)80-65(15,16)35-32-62(9,10)77-56(68)44(3)4)39-48(38-46)42-75-54-29-23-51(24-30-54)60(72)81-66(17,18)36-33-63(11,12)78-57(69)45(5)6/h19-30,37-39H,1,3,5,31-36,40-42H2,2,4,6-18H3. The Morgan fingerprint density at radius 1 is 0.321 bits per heavy atom. The summed E-state index contributed by atoms with van der Waals surface area (Å²) in [6.07, 6.45) is 2.68. The maximum Gasteiger partial charge on any atom is 0.338 e. The molecule has 0 saturated heterocycles. The van der Waals surface area contributed by atoms with Crippen LogP contribution in [0.2, 0.25) is 0 Å². The summed E-state index contributed by atoms with van der Waals surface area (Å²) in [5.74, 6) is -1.42. The van der Waals surface area contributed by atoms with Crippen molar-refractivity contribution in [1.82, 2.24) is 0 Å². The number of ether oxygens (including phenoxy) is 9. The van der Waals surface area contributed by atoms with Crippen molar-refractivity contribution in [1.29, 1.82) is 0 Å². The van der Waals surface area contributed by atoms with Crippen molar-refractivity contribution in [3.05, 3.63) is 161 Å². The third-order valence-electron chi connectivity index (χ3n) is 12.8. The molecule has 4 rings (SSSR count). The molecule has 0 aliphatic rings. The van der Waals surface area contributed by atoms with Crippen LogP contribution in [-0.4, -0.2) is 69.4 Å². The Balaban J connectivity index is 1.45. The highest BCUT2D eigenvalue weighted by Crippen LogP contribution is 2.31. The largest absolute Gasteiger partial charge is 0.489 e. The van der Waals surface area contributed by atoms with Crippen molar-refractivity contribution in [2.75, 3.05) is 0 Å². The van der Waals surface area contributed by atoms with E-state index in [0.717, 1.165) is 16.7 Å². The Kier molecular flexibility index (Phi) is 22.5. The van der Waals surface area contributed by atoms with Crippen LogP contribution >= 0.6 is 0 Å². The Bertz CT molecular complexity index is 2570. The van der Waals surface area contributed by atoms with Gasteiger partial charge in [0.25, 0.3) is 0 Å². The van der Waals surface area contributed by atoms with Crippen molar-refractivity contribution >= 4 is 35.8 Å². The zero-order chi connectivity index (χ0) is 60.7. The summed E-state index contributed by atoms with van der Waals surface area (Å²) in [6.45, 7) is 37.8. The van der Waals surface area contributed by atoms with Crippen LogP contribution in [0.1, 0.15) is 190 Å². The molecule has 4 aromatic rings. The van der Waals surface area contributed by atoms with Gasteiger partial charge in [0.2, 0.25) is 0 Å². The molecule has 0 heterocycles. The summed E-state index contributed by atoms with van der Waals surface area (Å²) < 4.78 is 53.0. The molecule has 0 radical (unpaired) electrons. The second-order valence-corrected chi connectivity index (χ2v) is 24.3. The molecule has 0 aromatic heterocycles. The van der Waals surface area contributed by atoms with E-state index in [4.69, 9.17) is 42.6 Å². The average molecular weight is 1120 g/mol. The van der Waals surface area contributed by atoms with E-state index < -0.39 is 69.4 Å². The lowest BCUT2D eigenvalue weighted by molar-refractivity contribution is -0.154. The van der Waals surface area contributed by atoms with Crippen LogP contribution in [0.3, 0.4) is 0 Å². The number of hydrogen-bond acceptors (Lipinski definition) is 15. The predicted octanol–water partition coefficient (Wildman–Crippen LogP) is 14.3. The third-order valence-corrected chi connectivity index (χ3v) is 12.8. The van der Waals surface area contributed by atoms with E-state index in [0.29, 0.717) is 89.2 Å². The van der Waals surface area contributed by atoms with Gasteiger partial charge in [-0.05, 0) is 250 Å². The minimum absolute atomic E-state index is 0.151. The summed E-state index contributed by atoms with van der Waals surface area (Å²) in [5, 5.41) is 0. The van der Waals surface area contributed by atoms with Crippen LogP contribution in [0, 0.1) is 0 Å².